The van der Waals surface area contributed by atoms with Gasteiger partial charge < -0.3 is 5.32 Å². The molecule has 0 unspecified atom stereocenters. The van der Waals surface area contributed by atoms with E-state index in [0.29, 0.717) is 5.82 Å². The lowest BCUT2D eigenvalue weighted by Gasteiger charge is -2.03. The van der Waals surface area contributed by atoms with Crippen molar-refractivity contribution in [2.24, 2.45) is 0 Å². The van der Waals surface area contributed by atoms with Crippen LogP contribution in [0.25, 0.3) is 0 Å². The van der Waals surface area contributed by atoms with Gasteiger partial charge in [0.15, 0.2) is 5.82 Å². The second-order valence-corrected chi connectivity index (χ2v) is 5.17. The molecule has 7 nitrogen and oxygen atoms in total. The summed E-state index contributed by atoms with van der Waals surface area (Å²) in [5.41, 5.74) is 0.439. The van der Waals surface area contributed by atoms with E-state index < -0.39 is 10.8 Å². The van der Waals surface area contributed by atoms with Crippen molar-refractivity contribution in [3.05, 3.63) is 50.7 Å². The highest BCUT2D eigenvalue weighted by atomic mass is 35.5. The van der Waals surface area contributed by atoms with E-state index in [2.05, 4.69) is 15.5 Å². The number of nitrogens with one attached hydrogen (secondary N) is 2. The van der Waals surface area contributed by atoms with Gasteiger partial charge in [-0.15, -0.1) is 0 Å². The van der Waals surface area contributed by atoms with Gasteiger partial charge >= 0.3 is 0 Å². The summed E-state index contributed by atoms with van der Waals surface area (Å²) in [6, 6.07) is 5.56. The van der Waals surface area contributed by atoms with Crippen molar-refractivity contribution in [2.45, 2.75) is 19.8 Å². The van der Waals surface area contributed by atoms with E-state index in [9.17, 15) is 14.9 Å². The molecule has 8 heteroatoms. The first kappa shape index (κ1) is 15.0. The van der Waals surface area contributed by atoms with Gasteiger partial charge in [-0.3, -0.25) is 20.0 Å². The van der Waals surface area contributed by atoms with Crippen LogP contribution in [0.5, 0.6) is 0 Å². The number of H-pyrrole nitrogens is 1. The molecule has 0 saturated heterocycles. The number of nitro benzene ring substituents is 1. The third-order valence-corrected chi connectivity index (χ3v) is 3.10. The summed E-state index contributed by atoms with van der Waals surface area (Å²) in [6.07, 6.45) is 0. The zero-order valence-corrected chi connectivity index (χ0v) is 12.1. The second kappa shape index (κ2) is 5.92. The Balaban J connectivity index is 2.26. The number of nitrogens with zero attached hydrogens (tertiary/aromatic N) is 2. The van der Waals surface area contributed by atoms with E-state index in [1.165, 1.54) is 12.1 Å². The Morgan fingerprint density at radius 2 is 2.14 bits per heavy atom. The predicted octanol–water partition coefficient (Wildman–Crippen LogP) is 3.35. The highest BCUT2D eigenvalue weighted by Crippen LogP contribution is 2.24. The average molecular weight is 309 g/mol. The van der Waals surface area contributed by atoms with E-state index in [-0.39, 0.29) is 22.2 Å². The van der Waals surface area contributed by atoms with Crippen LogP contribution >= 0.6 is 11.6 Å². The maximum atomic E-state index is 12.1. The summed E-state index contributed by atoms with van der Waals surface area (Å²) in [5, 5.41) is 20.4. The van der Waals surface area contributed by atoms with Crippen LogP contribution in [0, 0.1) is 10.1 Å². The van der Waals surface area contributed by atoms with Gasteiger partial charge in [0, 0.05) is 22.8 Å². The van der Waals surface area contributed by atoms with Crippen molar-refractivity contribution >= 4 is 29.0 Å². The van der Waals surface area contributed by atoms with Gasteiger partial charge in [0.05, 0.1) is 4.92 Å². The van der Waals surface area contributed by atoms with Gasteiger partial charge in [0.25, 0.3) is 11.6 Å². The molecule has 21 heavy (non-hydrogen) atoms. The Hall–Kier alpha value is -2.41. The smallest absolute Gasteiger partial charge is 0.283 e. The van der Waals surface area contributed by atoms with Crippen LogP contribution in [0.2, 0.25) is 5.02 Å². The molecule has 0 aliphatic heterocycles. The molecular formula is C13H13ClN4O3. The molecule has 0 atom stereocenters. The first-order valence-electron chi connectivity index (χ1n) is 6.19. The van der Waals surface area contributed by atoms with Crippen molar-refractivity contribution in [1.29, 1.82) is 0 Å². The van der Waals surface area contributed by atoms with E-state index in [4.69, 9.17) is 11.6 Å². The largest absolute Gasteiger partial charge is 0.305 e. The average Bonchev–Trinajstić information content (AvgIpc) is 2.87. The first-order chi connectivity index (χ1) is 9.88. The number of halogens is 1. The summed E-state index contributed by atoms with van der Waals surface area (Å²) in [7, 11) is 0. The predicted molar refractivity (Wildman–Crippen MR) is 78.7 cm³/mol. The quantitative estimate of drug-likeness (QED) is 0.668. The van der Waals surface area contributed by atoms with Crippen LogP contribution in [0.3, 0.4) is 0 Å². The Labute approximate surface area is 125 Å². The molecule has 2 rings (SSSR count). The third kappa shape index (κ3) is 3.38. The summed E-state index contributed by atoms with van der Waals surface area (Å²) >= 11 is 5.71. The lowest BCUT2D eigenvalue weighted by molar-refractivity contribution is -0.385. The van der Waals surface area contributed by atoms with Gasteiger partial charge in [-0.05, 0) is 18.1 Å². The first-order valence-corrected chi connectivity index (χ1v) is 6.57. The van der Waals surface area contributed by atoms with Crippen LogP contribution < -0.4 is 5.32 Å². The van der Waals surface area contributed by atoms with Crippen LogP contribution in [-0.4, -0.2) is 21.0 Å². The lowest BCUT2D eigenvalue weighted by Crippen LogP contribution is -2.14. The van der Waals surface area contributed by atoms with Crippen LogP contribution in [-0.2, 0) is 0 Å². The van der Waals surface area contributed by atoms with Gasteiger partial charge in [0.1, 0.15) is 5.56 Å². The monoisotopic (exact) mass is 308 g/mol. The minimum atomic E-state index is -0.648. The molecule has 2 N–H and O–H groups in total. The fourth-order valence-corrected chi connectivity index (χ4v) is 1.89. The number of carbonyl (C=O) groups is 1. The number of amides is 1. The Kier molecular flexibility index (Phi) is 4.23. The van der Waals surface area contributed by atoms with Crippen LogP contribution in [0.1, 0.15) is 35.8 Å². The molecule has 2 aromatic rings. The zero-order valence-electron chi connectivity index (χ0n) is 11.4. The molecule has 1 amide bonds. The molecule has 0 radical (unpaired) electrons. The molecule has 1 aromatic heterocycles. The maximum absolute atomic E-state index is 12.1. The van der Waals surface area contributed by atoms with Crippen molar-refractivity contribution < 1.29 is 9.72 Å². The van der Waals surface area contributed by atoms with Crippen LogP contribution in [0.15, 0.2) is 24.3 Å². The highest BCUT2D eigenvalue weighted by Gasteiger charge is 2.21. The number of rotatable bonds is 4. The van der Waals surface area contributed by atoms with E-state index >= 15 is 0 Å². The molecular weight excluding hydrogens is 296 g/mol. The molecule has 0 aliphatic rings. The minimum Gasteiger partial charge on any atom is -0.305 e. The number of aromatic amines is 1. The summed E-state index contributed by atoms with van der Waals surface area (Å²) in [4.78, 5) is 22.4. The number of aromatic nitrogens is 2. The van der Waals surface area contributed by atoms with Crippen molar-refractivity contribution in [2.75, 3.05) is 5.32 Å². The van der Waals surface area contributed by atoms with E-state index in [1.807, 2.05) is 13.8 Å². The molecule has 0 bridgehead atoms. The molecule has 1 aromatic carbocycles. The Bertz CT molecular complexity index is 696. The molecule has 1 heterocycles. The summed E-state index contributed by atoms with van der Waals surface area (Å²) in [5.74, 6) is -0.0684. The molecule has 110 valence electrons. The van der Waals surface area contributed by atoms with Gasteiger partial charge in [-0.25, -0.2) is 0 Å². The SMILES string of the molecule is CC(C)c1cc(NC(=O)c2ccc(Cl)cc2[N+](=O)[O-])n[nH]1. The third-order valence-electron chi connectivity index (χ3n) is 2.86. The fourth-order valence-electron chi connectivity index (χ4n) is 1.73. The summed E-state index contributed by atoms with van der Waals surface area (Å²) < 4.78 is 0. The normalized spacial score (nSPS) is 10.7. The van der Waals surface area contributed by atoms with Crippen molar-refractivity contribution in [3.63, 3.8) is 0 Å². The van der Waals surface area contributed by atoms with Crippen molar-refractivity contribution in [1.82, 2.24) is 10.2 Å². The van der Waals surface area contributed by atoms with Gasteiger partial charge in [-0.2, -0.15) is 5.10 Å². The van der Waals surface area contributed by atoms with Gasteiger partial charge in [0.2, 0.25) is 0 Å². The second-order valence-electron chi connectivity index (χ2n) is 4.74. The summed E-state index contributed by atoms with van der Waals surface area (Å²) in [6.45, 7) is 3.95. The Morgan fingerprint density at radius 3 is 2.71 bits per heavy atom. The fraction of sp³-hybridized carbons (Fsp3) is 0.231. The topological polar surface area (TPSA) is 101 Å². The lowest BCUT2D eigenvalue weighted by atomic mass is 10.1. The zero-order chi connectivity index (χ0) is 15.6. The molecule has 0 saturated carbocycles. The highest BCUT2D eigenvalue weighted by molar-refractivity contribution is 6.31. The number of carbonyl (C=O) groups excluding carboxylic acids is 1. The number of hydrogen-bond donors (Lipinski definition) is 2. The van der Waals surface area contributed by atoms with Crippen molar-refractivity contribution in [3.8, 4) is 0 Å². The molecule has 0 fully saturated rings. The number of hydrogen-bond acceptors (Lipinski definition) is 4. The number of anilines is 1. The molecule has 0 spiro atoms. The minimum absolute atomic E-state index is 0.0708. The van der Waals surface area contributed by atoms with E-state index in [1.54, 1.807) is 6.07 Å². The maximum Gasteiger partial charge on any atom is 0.283 e. The molecule has 0 aliphatic carbocycles. The standard InChI is InChI=1S/C13H13ClN4O3/c1-7(2)10-6-12(17-16-10)15-13(19)9-4-3-8(14)5-11(9)18(20)21/h3-7H,1-2H3,(H2,15,16,17,19). The Morgan fingerprint density at radius 1 is 1.43 bits per heavy atom. The number of nitro groups is 1. The van der Waals surface area contributed by atoms with Crippen LogP contribution in [0.4, 0.5) is 11.5 Å². The van der Waals surface area contributed by atoms with Gasteiger partial charge in [-0.1, -0.05) is 25.4 Å². The van der Waals surface area contributed by atoms with E-state index in [0.717, 1.165) is 11.8 Å². The number of benzene rings is 1.